The number of rotatable bonds is 3. The molecule has 2 aliphatic rings. The average Bonchev–Trinajstić information content (AvgIpc) is 2.91. The van der Waals surface area contributed by atoms with Crippen molar-refractivity contribution in [2.45, 2.75) is 19.4 Å². The van der Waals surface area contributed by atoms with E-state index in [4.69, 9.17) is 9.15 Å². The molecule has 1 aromatic rings. The van der Waals surface area contributed by atoms with Crippen LogP contribution in [0.15, 0.2) is 58.1 Å². The number of carbonyl (C=O) groups excluding carboxylic acids is 2. The fraction of sp³-hybridized carbons (Fsp3) is 0.200. The Labute approximate surface area is 115 Å². The molecule has 0 saturated heterocycles. The van der Waals surface area contributed by atoms with Gasteiger partial charge in [-0.1, -0.05) is 6.08 Å². The number of amides is 2. The van der Waals surface area contributed by atoms with Crippen molar-refractivity contribution in [3.63, 3.8) is 0 Å². The Morgan fingerprint density at radius 3 is 3.00 bits per heavy atom. The SMILES string of the molecule is O=C1CC2=C(C=CC(=COCc3ccoc3)C2)C(=O)N1. The summed E-state index contributed by atoms with van der Waals surface area (Å²) in [5.74, 6) is -0.561. The summed E-state index contributed by atoms with van der Waals surface area (Å²) >= 11 is 0. The normalized spacial score (nSPS) is 20.1. The first-order chi connectivity index (χ1) is 9.72. The maximum atomic E-state index is 11.6. The van der Waals surface area contributed by atoms with Crippen molar-refractivity contribution in [1.29, 1.82) is 0 Å². The van der Waals surface area contributed by atoms with Gasteiger partial charge in [0.1, 0.15) is 6.61 Å². The maximum Gasteiger partial charge on any atom is 0.257 e. The lowest BCUT2D eigenvalue weighted by Crippen LogP contribution is -2.36. The average molecular weight is 271 g/mol. The van der Waals surface area contributed by atoms with E-state index in [1.165, 1.54) is 0 Å². The standard InChI is InChI=1S/C15H13NO4/c17-14-6-12-5-10(1-2-13(12)15(18)16-14)7-20-9-11-3-4-19-8-11/h1-4,7-8H,5-6,9H2,(H,16,17,18). The van der Waals surface area contributed by atoms with Gasteiger partial charge in [0.2, 0.25) is 5.91 Å². The summed E-state index contributed by atoms with van der Waals surface area (Å²) in [5.41, 5.74) is 3.33. The zero-order chi connectivity index (χ0) is 13.9. The fourth-order valence-electron chi connectivity index (χ4n) is 2.24. The van der Waals surface area contributed by atoms with Gasteiger partial charge in [0.15, 0.2) is 0 Å². The van der Waals surface area contributed by atoms with Gasteiger partial charge in [-0.3, -0.25) is 14.9 Å². The van der Waals surface area contributed by atoms with Crippen molar-refractivity contribution in [3.8, 4) is 0 Å². The van der Waals surface area contributed by atoms with E-state index in [1.807, 2.05) is 12.1 Å². The first kappa shape index (κ1) is 12.5. The molecule has 20 heavy (non-hydrogen) atoms. The predicted octanol–water partition coefficient (Wildman–Crippen LogP) is 1.98. The van der Waals surface area contributed by atoms with Crippen LogP contribution in [0.25, 0.3) is 0 Å². The zero-order valence-electron chi connectivity index (χ0n) is 10.7. The van der Waals surface area contributed by atoms with Gasteiger partial charge < -0.3 is 9.15 Å². The fourth-order valence-corrected chi connectivity index (χ4v) is 2.24. The highest BCUT2D eigenvalue weighted by molar-refractivity contribution is 6.10. The molecule has 102 valence electrons. The summed E-state index contributed by atoms with van der Waals surface area (Å²) in [5, 5.41) is 2.31. The van der Waals surface area contributed by atoms with E-state index < -0.39 is 0 Å². The Kier molecular flexibility index (Phi) is 3.25. The second-order valence-electron chi connectivity index (χ2n) is 4.72. The molecule has 1 aromatic heterocycles. The summed E-state index contributed by atoms with van der Waals surface area (Å²) < 4.78 is 10.4. The van der Waals surface area contributed by atoms with E-state index in [9.17, 15) is 9.59 Å². The van der Waals surface area contributed by atoms with Crippen molar-refractivity contribution >= 4 is 11.8 Å². The second-order valence-corrected chi connectivity index (χ2v) is 4.72. The molecule has 0 saturated carbocycles. The van der Waals surface area contributed by atoms with E-state index >= 15 is 0 Å². The molecule has 0 spiro atoms. The molecular weight excluding hydrogens is 258 g/mol. The maximum absolute atomic E-state index is 11.6. The highest BCUT2D eigenvalue weighted by Gasteiger charge is 2.25. The van der Waals surface area contributed by atoms with E-state index in [1.54, 1.807) is 24.9 Å². The van der Waals surface area contributed by atoms with Gasteiger partial charge in [-0.25, -0.2) is 0 Å². The number of carbonyl (C=O) groups is 2. The number of furan rings is 1. The Morgan fingerprint density at radius 1 is 1.30 bits per heavy atom. The molecule has 2 heterocycles. The van der Waals surface area contributed by atoms with Crippen molar-refractivity contribution in [2.24, 2.45) is 0 Å². The van der Waals surface area contributed by atoms with E-state index in [0.29, 0.717) is 18.6 Å². The summed E-state index contributed by atoms with van der Waals surface area (Å²) in [6, 6.07) is 1.83. The number of hydrogen-bond acceptors (Lipinski definition) is 4. The third-order valence-corrected chi connectivity index (χ3v) is 3.20. The molecule has 0 unspecified atom stereocenters. The van der Waals surface area contributed by atoms with Crippen molar-refractivity contribution in [3.05, 3.63) is 59.3 Å². The van der Waals surface area contributed by atoms with Crippen molar-refractivity contribution < 1.29 is 18.7 Å². The number of imide groups is 1. The van der Waals surface area contributed by atoms with Crippen LogP contribution in [-0.4, -0.2) is 11.8 Å². The lowest BCUT2D eigenvalue weighted by molar-refractivity contribution is -0.128. The van der Waals surface area contributed by atoms with Crippen LogP contribution in [0.5, 0.6) is 0 Å². The highest BCUT2D eigenvalue weighted by Crippen LogP contribution is 2.28. The largest absolute Gasteiger partial charge is 0.496 e. The first-order valence-electron chi connectivity index (χ1n) is 6.28. The molecule has 0 radical (unpaired) electrons. The molecule has 5 heteroatoms. The summed E-state index contributed by atoms with van der Waals surface area (Å²) in [7, 11) is 0. The monoisotopic (exact) mass is 271 g/mol. The van der Waals surface area contributed by atoms with Crippen LogP contribution in [-0.2, 0) is 20.9 Å². The van der Waals surface area contributed by atoms with Gasteiger partial charge in [-0.05, 0) is 29.7 Å². The minimum Gasteiger partial charge on any atom is -0.496 e. The summed E-state index contributed by atoms with van der Waals surface area (Å²) in [4.78, 5) is 23.0. The van der Waals surface area contributed by atoms with Crippen LogP contribution in [0.3, 0.4) is 0 Å². The lowest BCUT2D eigenvalue weighted by atomic mass is 9.89. The molecule has 5 nitrogen and oxygen atoms in total. The molecule has 0 aromatic carbocycles. The number of nitrogens with one attached hydrogen (secondary N) is 1. The minimum absolute atomic E-state index is 0.247. The molecule has 2 amide bonds. The molecule has 3 rings (SSSR count). The zero-order valence-corrected chi connectivity index (χ0v) is 10.7. The van der Waals surface area contributed by atoms with Crippen LogP contribution in [0.1, 0.15) is 18.4 Å². The predicted molar refractivity (Wildman–Crippen MR) is 70.1 cm³/mol. The van der Waals surface area contributed by atoms with Crippen LogP contribution < -0.4 is 5.32 Å². The third kappa shape index (κ3) is 2.56. The van der Waals surface area contributed by atoms with Gasteiger partial charge in [0.05, 0.1) is 18.8 Å². The van der Waals surface area contributed by atoms with Crippen molar-refractivity contribution in [2.75, 3.05) is 0 Å². The Hall–Kier alpha value is -2.56. The van der Waals surface area contributed by atoms with Gasteiger partial charge in [0.25, 0.3) is 5.91 Å². The molecule has 1 N–H and O–H groups in total. The smallest absolute Gasteiger partial charge is 0.257 e. The Morgan fingerprint density at radius 2 is 2.20 bits per heavy atom. The van der Waals surface area contributed by atoms with Crippen LogP contribution >= 0.6 is 0 Å². The van der Waals surface area contributed by atoms with E-state index in [2.05, 4.69) is 5.32 Å². The molecule has 1 aliphatic carbocycles. The summed E-state index contributed by atoms with van der Waals surface area (Å²) in [6.45, 7) is 0.430. The second kappa shape index (κ2) is 5.21. The molecule has 0 fully saturated rings. The van der Waals surface area contributed by atoms with Crippen LogP contribution in [0.4, 0.5) is 0 Å². The molecular formula is C15H13NO4. The van der Waals surface area contributed by atoms with Crippen LogP contribution in [0, 0.1) is 0 Å². The van der Waals surface area contributed by atoms with E-state index in [0.717, 1.165) is 16.7 Å². The number of ether oxygens (including phenoxy) is 1. The molecule has 0 bridgehead atoms. The van der Waals surface area contributed by atoms with Gasteiger partial charge in [-0.2, -0.15) is 0 Å². The van der Waals surface area contributed by atoms with Gasteiger partial charge in [0, 0.05) is 17.6 Å². The van der Waals surface area contributed by atoms with Crippen molar-refractivity contribution in [1.82, 2.24) is 5.32 Å². The Balaban J connectivity index is 1.66. The van der Waals surface area contributed by atoms with Crippen LogP contribution in [0.2, 0.25) is 0 Å². The molecule has 1 aliphatic heterocycles. The van der Waals surface area contributed by atoms with Gasteiger partial charge in [-0.15, -0.1) is 0 Å². The van der Waals surface area contributed by atoms with Gasteiger partial charge >= 0.3 is 0 Å². The Bertz CT molecular complexity index is 635. The lowest BCUT2D eigenvalue weighted by Gasteiger charge is -2.21. The highest BCUT2D eigenvalue weighted by atomic mass is 16.5. The van der Waals surface area contributed by atoms with E-state index in [-0.39, 0.29) is 18.2 Å². The summed E-state index contributed by atoms with van der Waals surface area (Å²) in [6.07, 6.45) is 9.28. The first-order valence-corrected chi connectivity index (χ1v) is 6.28. The molecule has 0 atom stereocenters. The topological polar surface area (TPSA) is 68.5 Å². The number of allylic oxidation sites excluding steroid dienone is 2. The number of hydrogen-bond donors (Lipinski definition) is 1. The quantitative estimate of drug-likeness (QED) is 0.674. The third-order valence-electron chi connectivity index (χ3n) is 3.20. The minimum atomic E-state index is -0.314.